The van der Waals surface area contributed by atoms with Crippen LogP contribution in [0.2, 0.25) is 5.02 Å². The van der Waals surface area contributed by atoms with Gasteiger partial charge in [-0.3, -0.25) is 4.79 Å². The average Bonchev–Trinajstić information content (AvgIpc) is 2.94. The number of amides is 1. The zero-order chi connectivity index (χ0) is 14.7. The summed E-state index contributed by atoms with van der Waals surface area (Å²) in [5.41, 5.74) is 6.88. The molecule has 1 amide bonds. The van der Waals surface area contributed by atoms with Gasteiger partial charge in [-0.25, -0.2) is 0 Å². The van der Waals surface area contributed by atoms with Crippen molar-refractivity contribution in [3.05, 3.63) is 58.5 Å². The molecule has 0 saturated carbocycles. The summed E-state index contributed by atoms with van der Waals surface area (Å²) in [5, 5.41) is 0.648. The van der Waals surface area contributed by atoms with Gasteiger partial charge in [-0.1, -0.05) is 29.8 Å². The van der Waals surface area contributed by atoms with E-state index in [4.69, 9.17) is 21.8 Å². The van der Waals surface area contributed by atoms with Crippen molar-refractivity contribution in [2.75, 3.05) is 7.05 Å². The van der Waals surface area contributed by atoms with Crippen molar-refractivity contribution >= 4 is 17.5 Å². The van der Waals surface area contributed by atoms with Gasteiger partial charge < -0.3 is 15.1 Å². The number of hydrogen-bond acceptors (Lipinski definition) is 3. The molecule has 2 rings (SSSR count). The summed E-state index contributed by atoms with van der Waals surface area (Å²) in [5.74, 6) is 0.466. The van der Waals surface area contributed by atoms with Gasteiger partial charge in [-0.05, 0) is 24.6 Å². The van der Waals surface area contributed by atoms with Crippen molar-refractivity contribution in [1.29, 1.82) is 0 Å². The third-order valence-electron chi connectivity index (χ3n) is 3.36. The predicted molar refractivity (Wildman–Crippen MR) is 78.6 cm³/mol. The molecule has 1 unspecified atom stereocenters. The van der Waals surface area contributed by atoms with Crippen molar-refractivity contribution in [2.45, 2.75) is 19.5 Å². The highest BCUT2D eigenvalue weighted by Gasteiger charge is 2.21. The number of carbonyl (C=O) groups is 1. The Bertz CT molecular complexity index is 609. The number of hydrogen-bond donors (Lipinski definition) is 1. The fourth-order valence-corrected chi connectivity index (χ4v) is 2.30. The molecule has 1 heterocycles. The van der Waals surface area contributed by atoms with Crippen LogP contribution >= 0.6 is 11.6 Å². The van der Waals surface area contributed by atoms with Gasteiger partial charge in [0, 0.05) is 12.1 Å². The van der Waals surface area contributed by atoms with Gasteiger partial charge >= 0.3 is 0 Å². The molecule has 0 aliphatic carbocycles. The Hall–Kier alpha value is -1.78. The Kier molecular flexibility index (Phi) is 4.47. The first-order valence-corrected chi connectivity index (χ1v) is 6.71. The lowest BCUT2D eigenvalue weighted by Crippen LogP contribution is -2.29. The molecular weight excluding hydrogens is 276 g/mol. The molecule has 0 aliphatic rings. The van der Waals surface area contributed by atoms with Crippen LogP contribution in [0.1, 0.15) is 34.6 Å². The molecule has 2 aromatic rings. The molecule has 0 bridgehead atoms. The summed E-state index contributed by atoms with van der Waals surface area (Å²) < 4.78 is 5.20. The van der Waals surface area contributed by atoms with Crippen LogP contribution in [0.15, 0.2) is 41.0 Å². The molecule has 0 aliphatic heterocycles. The standard InChI is InChI=1S/C15H17ClN2O2/c1-10(13-5-3-4-6-14(13)16)18(2)15(19)11-7-12(8-17)20-9-11/h3-7,9-10H,8,17H2,1-2H3. The summed E-state index contributed by atoms with van der Waals surface area (Å²) in [6, 6.07) is 9.03. The second-order valence-electron chi connectivity index (χ2n) is 4.62. The fourth-order valence-electron chi connectivity index (χ4n) is 2.00. The predicted octanol–water partition coefficient (Wildman–Crippen LogP) is 3.22. The van der Waals surface area contributed by atoms with Crippen molar-refractivity contribution in [3.63, 3.8) is 0 Å². The summed E-state index contributed by atoms with van der Waals surface area (Å²) in [6.07, 6.45) is 1.43. The highest BCUT2D eigenvalue weighted by atomic mass is 35.5. The Morgan fingerprint density at radius 2 is 2.15 bits per heavy atom. The number of nitrogens with zero attached hydrogens (tertiary/aromatic N) is 1. The average molecular weight is 293 g/mol. The van der Waals surface area contributed by atoms with Crippen LogP contribution in [0.3, 0.4) is 0 Å². The molecule has 1 aromatic heterocycles. The molecule has 0 radical (unpaired) electrons. The van der Waals surface area contributed by atoms with Crippen LogP contribution < -0.4 is 5.73 Å². The molecule has 0 spiro atoms. The van der Waals surface area contributed by atoms with E-state index in [1.807, 2.05) is 31.2 Å². The van der Waals surface area contributed by atoms with E-state index < -0.39 is 0 Å². The minimum Gasteiger partial charge on any atom is -0.467 e. The van der Waals surface area contributed by atoms with Gasteiger partial charge in [0.2, 0.25) is 0 Å². The van der Waals surface area contributed by atoms with Gasteiger partial charge in [0.1, 0.15) is 12.0 Å². The zero-order valence-corrected chi connectivity index (χ0v) is 12.2. The molecular formula is C15H17ClN2O2. The van der Waals surface area contributed by atoms with Gasteiger partial charge in [0.05, 0.1) is 18.2 Å². The van der Waals surface area contributed by atoms with Crippen molar-refractivity contribution in [2.24, 2.45) is 5.73 Å². The van der Waals surface area contributed by atoms with E-state index in [0.29, 0.717) is 16.3 Å². The molecule has 1 atom stereocenters. The maximum absolute atomic E-state index is 12.4. The van der Waals surface area contributed by atoms with Crippen LogP contribution in [0.25, 0.3) is 0 Å². The Morgan fingerprint density at radius 3 is 2.75 bits per heavy atom. The molecule has 20 heavy (non-hydrogen) atoms. The molecule has 1 aromatic carbocycles. The third-order valence-corrected chi connectivity index (χ3v) is 3.70. The summed E-state index contributed by atoms with van der Waals surface area (Å²) in [6.45, 7) is 2.21. The highest BCUT2D eigenvalue weighted by molar-refractivity contribution is 6.31. The van der Waals surface area contributed by atoms with Crippen molar-refractivity contribution < 1.29 is 9.21 Å². The lowest BCUT2D eigenvalue weighted by molar-refractivity contribution is 0.0742. The SMILES string of the molecule is CC(c1ccccc1Cl)N(C)C(=O)c1coc(CN)c1. The number of benzene rings is 1. The number of nitrogens with two attached hydrogens (primary N) is 1. The van der Waals surface area contributed by atoms with E-state index in [0.717, 1.165) is 5.56 Å². The second-order valence-corrected chi connectivity index (χ2v) is 5.03. The third kappa shape index (κ3) is 2.86. The van der Waals surface area contributed by atoms with Crippen LogP contribution in [0.4, 0.5) is 0 Å². The quantitative estimate of drug-likeness (QED) is 0.941. The van der Waals surface area contributed by atoms with E-state index in [2.05, 4.69) is 0 Å². The molecule has 5 heteroatoms. The van der Waals surface area contributed by atoms with Crippen LogP contribution in [-0.2, 0) is 6.54 Å². The zero-order valence-electron chi connectivity index (χ0n) is 11.5. The van der Waals surface area contributed by atoms with E-state index in [9.17, 15) is 4.79 Å². The Balaban J connectivity index is 2.20. The maximum Gasteiger partial charge on any atom is 0.257 e. The Morgan fingerprint density at radius 1 is 1.45 bits per heavy atom. The normalized spacial score (nSPS) is 12.2. The van der Waals surface area contributed by atoms with Gasteiger partial charge in [-0.2, -0.15) is 0 Å². The van der Waals surface area contributed by atoms with E-state index in [-0.39, 0.29) is 18.5 Å². The largest absolute Gasteiger partial charge is 0.467 e. The number of rotatable bonds is 4. The smallest absolute Gasteiger partial charge is 0.257 e. The first-order valence-electron chi connectivity index (χ1n) is 6.33. The highest BCUT2D eigenvalue weighted by Crippen LogP contribution is 2.27. The van der Waals surface area contributed by atoms with Crippen LogP contribution in [0, 0.1) is 0 Å². The summed E-state index contributed by atoms with van der Waals surface area (Å²) in [4.78, 5) is 14.0. The van der Waals surface area contributed by atoms with Crippen LogP contribution in [0.5, 0.6) is 0 Å². The molecule has 0 saturated heterocycles. The summed E-state index contributed by atoms with van der Waals surface area (Å²) >= 11 is 6.17. The maximum atomic E-state index is 12.4. The number of halogens is 1. The Labute approximate surface area is 123 Å². The first kappa shape index (κ1) is 14.6. The molecule has 0 fully saturated rings. The van der Waals surface area contributed by atoms with Gasteiger partial charge in [-0.15, -0.1) is 0 Å². The monoisotopic (exact) mass is 292 g/mol. The fraction of sp³-hybridized carbons (Fsp3) is 0.267. The topological polar surface area (TPSA) is 59.5 Å². The molecule has 106 valence electrons. The first-order chi connectivity index (χ1) is 9.54. The molecule has 4 nitrogen and oxygen atoms in total. The van der Waals surface area contributed by atoms with Gasteiger partial charge in [0.25, 0.3) is 5.91 Å². The minimum absolute atomic E-state index is 0.124. The molecule has 2 N–H and O–H groups in total. The number of furan rings is 1. The summed E-state index contributed by atoms with van der Waals surface area (Å²) in [7, 11) is 1.74. The lowest BCUT2D eigenvalue weighted by atomic mass is 10.1. The lowest BCUT2D eigenvalue weighted by Gasteiger charge is -2.25. The van der Waals surface area contributed by atoms with Crippen molar-refractivity contribution in [1.82, 2.24) is 4.90 Å². The van der Waals surface area contributed by atoms with E-state index in [1.54, 1.807) is 18.0 Å². The van der Waals surface area contributed by atoms with Crippen molar-refractivity contribution in [3.8, 4) is 0 Å². The minimum atomic E-state index is -0.132. The second kappa shape index (κ2) is 6.11. The van der Waals surface area contributed by atoms with Gasteiger partial charge in [0.15, 0.2) is 0 Å². The van der Waals surface area contributed by atoms with E-state index in [1.165, 1.54) is 6.26 Å². The van der Waals surface area contributed by atoms with E-state index >= 15 is 0 Å². The van der Waals surface area contributed by atoms with Crippen LogP contribution in [-0.4, -0.2) is 17.9 Å². The number of carbonyl (C=O) groups excluding carboxylic acids is 1.